The highest BCUT2D eigenvalue weighted by atomic mass is 16.6. The minimum Gasteiger partial charge on any atom is -0.493 e. The Morgan fingerprint density at radius 3 is 2.40 bits per heavy atom. The van der Waals surface area contributed by atoms with Crippen molar-refractivity contribution in [3.8, 4) is 11.5 Å². The number of carbonyl (C=O) groups excluding carboxylic acids is 1. The van der Waals surface area contributed by atoms with E-state index in [2.05, 4.69) is 18.7 Å². The van der Waals surface area contributed by atoms with Crippen molar-refractivity contribution in [2.75, 3.05) is 40.0 Å². The Kier molecular flexibility index (Phi) is 7.50. The lowest BCUT2D eigenvalue weighted by molar-refractivity contribution is -0.146. The first-order valence-corrected chi connectivity index (χ1v) is 6.85. The molecule has 0 saturated heterocycles. The number of ether oxygens (including phenoxy) is 3. The quantitative estimate of drug-likeness (QED) is 0.648. The van der Waals surface area contributed by atoms with Gasteiger partial charge in [0.15, 0.2) is 18.1 Å². The Bertz CT molecular complexity index is 405. The van der Waals surface area contributed by atoms with Crippen molar-refractivity contribution < 1.29 is 19.0 Å². The normalized spacial score (nSPS) is 10.4. The summed E-state index contributed by atoms with van der Waals surface area (Å²) in [6.45, 7) is 7.07. The number of carbonyl (C=O) groups is 1. The molecule has 0 atom stereocenters. The van der Waals surface area contributed by atoms with E-state index >= 15 is 0 Å². The molecular weight excluding hydrogens is 258 g/mol. The van der Waals surface area contributed by atoms with Crippen LogP contribution in [0.5, 0.6) is 11.5 Å². The molecule has 5 heteroatoms. The fourth-order valence-electron chi connectivity index (χ4n) is 1.74. The topological polar surface area (TPSA) is 48.0 Å². The molecule has 0 heterocycles. The van der Waals surface area contributed by atoms with Crippen LogP contribution < -0.4 is 9.47 Å². The minimum atomic E-state index is -0.372. The third kappa shape index (κ3) is 5.48. The maximum Gasteiger partial charge on any atom is 0.344 e. The predicted molar refractivity (Wildman–Crippen MR) is 77.2 cm³/mol. The number of hydrogen-bond donors (Lipinski definition) is 0. The minimum absolute atomic E-state index is 0.112. The molecular formula is C15H23NO4. The zero-order valence-electron chi connectivity index (χ0n) is 12.4. The Morgan fingerprint density at radius 2 is 1.80 bits per heavy atom. The zero-order valence-corrected chi connectivity index (χ0v) is 12.4. The molecule has 0 aliphatic heterocycles. The number of hydrogen-bond acceptors (Lipinski definition) is 5. The maximum atomic E-state index is 11.6. The van der Waals surface area contributed by atoms with Gasteiger partial charge in [0, 0.05) is 6.54 Å². The van der Waals surface area contributed by atoms with E-state index in [0.717, 1.165) is 19.6 Å². The van der Waals surface area contributed by atoms with Crippen LogP contribution in [0.2, 0.25) is 0 Å². The van der Waals surface area contributed by atoms with Crippen molar-refractivity contribution in [2.45, 2.75) is 13.8 Å². The average Bonchev–Trinajstić information content (AvgIpc) is 2.49. The number of nitrogens with zero attached hydrogens (tertiary/aromatic N) is 1. The molecule has 0 N–H and O–H groups in total. The monoisotopic (exact) mass is 281 g/mol. The number of methoxy groups -OCH3 is 1. The molecule has 0 aliphatic rings. The summed E-state index contributed by atoms with van der Waals surface area (Å²) in [7, 11) is 1.56. The van der Waals surface area contributed by atoms with Crippen LogP contribution in [0.3, 0.4) is 0 Å². The molecule has 0 fully saturated rings. The third-order valence-electron chi connectivity index (χ3n) is 2.98. The summed E-state index contributed by atoms with van der Waals surface area (Å²) in [5, 5.41) is 0. The van der Waals surface area contributed by atoms with Gasteiger partial charge in [-0.25, -0.2) is 4.79 Å². The van der Waals surface area contributed by atoms with Gasteiger partial charge in [0.1, 0.15) is 6.61 Å². The summed E-state index contributed by atoms with van der Waals surface area (Å²) in [5.41, 5.74) is 0. The van der Waals surface area contributed by atoms with E-state index in [1.54, 1.807) is 19.2 Å². The summed E-state index contributed by atoms with van der Waals surface area (Å²) in [5.74, 6) is 0.766. The maximum absolute atomic E-state index is 11.6. The third-order valence-corrected chi connectivity index (χ3v) is 2.98. The van der Waals surface area contributed by atoms with Gasteiger partial charge in [-0.3, -0.25) is 0 Å². The largest absolute Gasteiger partial charge is 0.493 e. The lowest BCUT2D eigenvalue weighted by Gasteiger charge is -2.17. The number of likely N-dealkylation sites (N-methyl/N-ethyl adjacent to an activating group) is 1. The van der Waals surface area contributed by atoms with Crippen LogP contribution in [0.15, 0.2) is 24.3 Å². The predicted octanol–water partition coefficient (Wildman–Crippen LogP) is 1.96. The van der Waals surface area contributed by atoms with Crippen molar-refractivity contribution in [2.24, 2.45) is 0 Å². The first-order valence-electron chi connectivity index (χ1n) is 6.85. The fourth-order valence-corrected chi connectivity index (χ4v) is 1.74. The van der Waals surface area contributed by atoms with Crippen LogP contribution in [0.1, 0.15) is 13.8 Å². The van der Waals surface area contributed by atoms with Crippen molar-refractivity contribution in [1.82, 2.24) is 4.90 Å². The molecule has 1 aromatic rings. The highest BCUT2D eigenvalue weighted by Gasteiger charge is 2.08. The summed E-state index contributed by atoms with van der Waals surface area (Å²) >= 11 is 0. The molecule has 1 aromatic carbocycles. The van der Waals surface area contributed by atoms with Crippen molar-refractivity contribution in [3.05, 3.63) is 24.3 Å². The van der Waals surface area contributed by atoms with Crippen molar-refractivity contribution >= 4 is 5.97 Å². The number of esters is 1. The Labute approximate surface area is 120 Å². The van der Waals surface area contributed by atoms with Crippen LogP contribution >= 0.6 is 0 Å². The summed E-state index contributed by atoms with van der Waals surface area (Å²) < 4.78 is 15.6. The molecule has 0 unspecified atom stereocenters. The van der Waals surface area contributed by atoms with Crippen LogP contribution in [-0.4, -0.2) is 50.8 Å². The van der Waals surface area contributed by atoms with E-state index in [4.69, 9.17) is 14.2 Å². The summed E-state index contributed by atoms with van der Waals surface area (Å²) in [6.07, 6.45) is 0. The molecule has 1 rings (SSSR count). The van der Waals surface area contributed by atoms with Crippen molar-refractivity contribution in [1.29, 1.82) is 0 Å². The van der Waals surface area contributed by atoms with Gasteiger partial charge in [0.2, 0.25) is 0 Å². The SMILES string of the molecule is CCN(CC)CCOC(=O)COc1ccccc1OC. The van der Waals surface area contributed by atoms with Crippen LogP contribution in [0, 0.1) is 0 Å². The van der Waals surface area contributed by atoms with E-state index in [1.807, 2.05) is 12.1 Å². The fraction of sp³-hybridized carbons (Fsp3) is 0.533. The zero-order chi connectivity index (χ0) is 14.8. The van der Waals surface area contributed by atoms with Gasteiger partial charge in [-0.15, -0.1) is 0 Å². The highest BCUT2D eigenvalue weighted by molar-refractivity contribution is 5.71. The lowest BCUT2D eigenvalue weighted by atomic mass is 10.3. The molecule has 0 aromatic heterocycles. The summed E-state index contributed by atoms with van der Waals surface area (Å²) in [6, 6.07) is 7.20. The number of benzene rings is 1. The van der Waals surface area contributed by atoms with E-state index in [-0.39, 0.29) is 12.6 Å². The van der Waals surface area contributed by atoms with Crippen molar-refractivity contribution in [3.63, 3.8) is 0 Å². The van der Waals surface area contributed by atoms with Crippen LogP contribution in [0.25, 0.3) is 0 Å². The first kappa shape index (κ1) is 16.3. The average molecular weight is 281 g/mol. The number of rotatable bonds is 9. The van der Waals surface area contributed by atoms with E-state index in [1.165, 1.54) is 0 Å². The molecule has 0 bridgehead atoms. The van der Waals surface area contributed by atoms with E-state index < -0.39 is 0 Å². The van der Waals surface area contributed by atoms with Gasteiger partial charge < -0.3 is 19.1 Å². The first-order chi connectivity index (χ1) is 9.71. The lowest BCUT2D eigenvalue weighted by Crippen LogP contribution is -2.28. The summed E-state index contributed by atoms with van der Waals surface area (Å²) in [4.78, 5) is 13.8. The smallest absolute Gasteiger partial charge is 0.344 e. The van der Waals surface area contributed by atoms with Gasteiger partial charge in [-0.05, 0) is 25.2 Å². The Morgan fingerprint density at radius 1 is 1.15 bits per heavy atom. The molecule has 0 aliphatic carbocycles. The molecule has 0 spiro atoms. The molecule has 20 heavy (non-hydrogen) atoms. The second kappa shape index (κ2) is 9.20. The molecule has 5 nitrogen and oxygen atoms in total. The molecule has 0 saturated carbocycles. The standard InChI is InChI=1S/C15H23NO4/c1-4-16(5-2)10-11-19-15(17)12-20-14-9-7-6-8-13(14)18-3/h6-9H,4-5,10-12H2,1-3H3. The van der Waals surface area contributed by atoms with E-state index in [9.17, 15) is 4.79 Å². The van der Waals surface area contributed by atoms with Crippen LogP contribution in [0.4, 0.5) is 0 Å². The van der Waals surface area contributed by atoms with Crippen LogP contribution in [-0.2, 0) is 9.53 Å². The molecule has 0 radical (unpaired) electrons. The highest BCUT2D eigenvalue weighted by Crippen LogP contribution is 2.25. The van der Waals surface area contributed by atoms with Gasteiger partial charge in [0.05, 0.1) is 7.11 Å². The number of para-hydroxylation sites is 2. The second-order valence-electron chi connectivity index (χ2n) is 4.19. The van der Waals surface area contributed by atoms with E-state index in [0.29, 0.717) is 18.1 Å². The molecule has 0 amide bonds. The Hall–Kier alpha value is -1.75. The van der Waals surface area contributed by atoms with Gasteiger partial charge in [-0.1, -0.05) is 26.0 Å². The van der Waals surface area contributed by atoms with Gasteiger partial charge >= 0.3 is 5.97 Å². The van der Waals surface area contributed by atoms with Gasteiger partial charge in [0.25, 0.3) is 0 Å². The van der Waals surface area contributed by atoms with Gasteiger partial charge in [-0.2, -0.15) is 0 Å². The molecule has 112 valence electrons. The second-order valence-corrected chi connectivity index (χ2v) is 4.19. The Balaban J connectivity index is 2.29.